The van der Waals surface area contributed by atoms with E-state index in [-0.39, 0.29) is 12.4 Å². The first kappa shape index (κ1) is 9.53. The molecule has 4 heteroatoms. The van der Waals surface area contributed by atoms with Gasteiger partial charge in [-0.3, -0.25) is 4.79 Å². The minimum Gasteiger partial charge on any atom is -0.347 e. The van der Waals surface area contributed by atoms with E-state index >= 15 is 0 Å². The van der Waals surface area contributed by atoms with E-state index in [0.29, 0.717) is 5.69 Å². The van der Waals surface area contributed by atoms with Crippen molar-refractivity contribution in [2.24, 2.45) is 7.05 Å². The van der Waals surface area contributed by atoms with Crippen molar-refractivity contribution < 1.29 is 4.79 Å². The van der Waals surface area contributed by atoms with E-state index in [4.69, 9.17) is 11.6 Å². The number of aromatic nitrogens is 1. The lowest BCUT2D eigenvalue weighted by atomic mass is 10.5. The van der Waals surface area contributed by atoms with Gasteiger partial charge in [0, 0.05) is 13.2 Å². The van der Waals surface area contributed by atoms with E-state index in [2.05, 4.69) is 0 Å². The Hall–Kier alpha value is -0.470. The van der Waals surface area contributed by atoms with Crippen LogP contribution in [-0.4, -0.2) is 9.81 Å². The number of aryl methyl sites for hydroxylation is 1. The highest BCUT2D eigenvalue weighted by atomic mass is 35.5. The molecule has 0 amide bonds. The summed E-state index contributed by atoms with van der Waals surface area (Å²) < 4.78 is 1.68. The molecule has 1 aromatic rings. The largest absolute Gasteiger partial charge is 0.347 e. The zero-order chi connectivity index (χ0) is 6.85. The van der Waals surface area contributed by atoms with Crippen LogP contribution in [0.4, 0.5) is 0 Å². The van der Waals surface area contributed by atoms with Gasteiger partial charge in [0.25, 0.3) is 5.24 Å². The Labute approximate surface area is 70.2 Å². The quantitative estimate of drug-likeness (QED) is 0.604. The van der Waals surface area contributed by atoms with Gasteiger partial charge in [-0.15, -0.1) is 12.4 Å². The van der Waals surface area contributed by atoms with Crippen molar-refractivity contribution in [2.45, 2.75) is 0 Å². The molecule has 0 bridgehead atoms. The van der Waals surface area contributed by atoms with Crippen LogP contribution in [0.25, 0.3) is 0 Å². The molecule has 0 saturated carbocycles. The lowest BCUT2D eigenvalue weighted by Gasteiger charge is -1.92. The van der Waals surface area contributed by atoms with Gasteiger partial charge in [0.05, 0.1) is 0 Å². The molecule has 0 unspecified atom stereocenters. The molecule has 0 atom stereocenters. The minimum absolute atomic E-state index is 0. The van der Waals surface area contributed by atoms with Gasteiger partial charge in [0.1, 0.15) is 5.69 Å². The van der Waals surface area contributed by atoms with Gasteiger partial charge in [0.15, 0.2) is 0 Å². The Kier molecular flexibility index (Phi) is 3.47. The predicted octanol–water partition coefficient (Wildman–Crippen LogP) is 1.83. The van der Waals surface area contributed by atoms with E-state index in [1.165, 1.54) is 0 Å². The molecular weight excluding hydrogens is 173 g/mol. The first-order valence-electron chi connectivity index (χ1n) is 2.53. The smallest absolute Gasteiger partial charge is 0.268 e. The molecule has 1 rings (SSSR count). The second kappa shape index (κ2) is 3.64. The Balaban J connectivity index is 0.000000810. The lowest BCUT2D eigenvalue weighted by Crippen LogP contribution is -1.97. The molecule has 56 valence electrons. The zero-order valence-corrected chi connectivity index (χ0v) is 6.95. The fraction of sp³-hybridized carbons (Fsp3) is 0.167. The molecular formula is C6H7Cl2NO. The third kappa shape index (κ3) is 1.75. The van der Waals surface area contributed by atoms with Crippen LogP contribution in [0.1, 0.15) is 10.5 Å². The molecule has 0 fully saturated rings. The fourth-order valence-electron chi connectivity index (χ4n) is 0.665. The summed E-state index contributed by atoms with van der Waals surface area (Å²) in [6.07, 6.45) is 1.77. The summed E-state index contributed by atoms with van der Waals surface area (Å²) in [7, 11) is 1.77. The summed E-state index contributed by atoms with van der Waals surface area (Å²) in [6.45, 7) is 0. The molecule has 0 N–H and O–H groups in total. The molecule has 0 aliphatic carbocycles. The monoisotopic (exact) mass is 179 g/mol. The SMILES string of the molecule is Cl.Cn1cccc1C(=O)Cl. The summed E-state index contributed by atoms with van der Waals surface area (Å²) in [6, 6.07) is 3.45. The molecule has 0 radical (unpaired) electrons. The Bertz CT molecular complexity index is 231. The molecule has 0 saturated heterocycles. The molecule has 0 aromatic carbocycles. The topological polar surface area (TPSA) is 22.0 Å². The number of hydrogen-bond acceptors (Lipinski definition) is 1. The highest BCUT2D eigenvalue weighted by molar-refractivity contribution is 6.67. The number of hydrogen-bond donors (Lipinski definition) is 0. The van der Waals surface area contributed by atoms with Gasteiger partial charge < -0.3 is 4.57 Å². The van der Waals surface area contributed by atoms with Gasteiger partial charge in [0.2, 0.25) is 0 Å². The highest BCUT2D eigenvalue weighted by Crippen LogP contribution is 2.02. The van der Waals surface area contributed by atoms with Crippen LogP contribution >= 0.6 is 24.0 Å². The summed E-state index contributed by atoms with van der Waals surface area (Å²) >= 11 is 5.19. The van der Waals surface area contributed by atoms with Gasteiger partial charge in [-0.25, -0.2) is 0 Å². The second-order valence-corrected chi connectivity index (χ2v) is 2.12. The lowest BCUT2D eigenvalue weighted by molar-refractivity contribution is 0.107. The maximum atomic E-state index is 10.5. The molecule has 0 aliphatic heterocycles. The Morgan fingerprint density at radius 2 is 2.30 bits per heavy atom. The second-order valence-electron chi connectivity index (χ2n) is 1.78. The number of rotatable bonds is 1. The maximum Gasteiger partial charge on any atom is 0.268 e. The molecule has 0 aliphatic rings. The summed E-state index contributed by atoms with van der Waals surface area (Å²) in [5.41, 5.74) is 0.525. The van der Waals surface area contributed by atoms with Crippen molar-refractivity contribution in [1.29, 1.82) is 0 Å². The van der Waals surface area contributed by atoms with E-state index in [9.17, 15) is 4.79 Å². The van der Waals surface area contributed by atoms with Crippen molar-refractivity contribution in [3.8, 4) is 0 Å². The maximum absolute atomic E-state index is 10.5. The van der Waals surface area contributed by atoms with Crippen molar-refractivity contribution in [2.75, 3.05) is 0 Å². The Morgan fingerprint density at radius 3 is 2.50 bits per heavy atom. The molecule has 1 heterocycles. The summed E-state index contributed by atoms with van der Waals surface area (Å²) in [4.78, 5) is 10.5. The molecule has 1 aromatic heterocycles. The molecule has 2 nitrogen and oxygen atoms in total. The number of carbonyl (C=O) groups excluding carboxylic acids is 1. The van der Waals surface area contributed by atoms with Crippen LogP contribution in [0.3, 0.4) is 0 Å². The third-order valence-corrected chi connectivity index (χ3v) is 1.34. The number of halogens is 2. The standard InChI is InChI=1S/C6H6ClNO.ClH/c1-8-4-2-3-5(8)6(7)9;/h2-4H,1H3;1H. The van der Waals surface area contributed by atoms with Crippen LogP contribution in [0, 0.1) is 0 Å². The highest BCUT2D eigenvalue weighted by Gasteiger charge is 2.02. The summed E-state index contributed by atoms with van der Waals surface area (Å²) in [5, 5.41) is -0.414. The molecule has 0 spiro atoms. The van der Waals surface area contributed by atoms with E-state index in [1.54, 1.807) is 29.9 Å². The van der Waals surface area contributed by atoms with Crippen molar-refractivity contribution >= 4 is 29.3 Å². The van der Waals surface area contributed by atoms with Crippen LogP contribution in [0.5, 0.6) is 0 Å². The van der Waals surface area contributed by atoms with Crippen molar-refractivity contribution in [1.82, 2.24) is 4.57 Å². The summed E-state index contributed by atoms with van der Waals surface area (Å²) in [5.74, 6) is 0. The van der Waals surface area contributed by atoms with Gasteiger partial charge >= 0.3 is 0 Å². The Morgan fingerprint density at radius 1 is 1.70 bits per heavy atom. The van der Waals surface area contributed by atoms with E-state index in [0.717, 1.165) is 0 Å². The van der Waals surface area contributed by atoms with E-state index in [1.807, 2.05) is 0 Å². The van der Waals surface area contributed by atoms with Gasteiger partial charge in [-0.2, -0.15) is 0 Å². The average Bonchev–Trinajstić information content (AvgIpc) is 2.13. The first-order chi connectivity index (χ1) is 4.22. The van der Waals surface area contributed by atoms with Gasteiger partial charge in [-0.05, 0) is 23.7 Å². The average molecular weight is 180 g/mol. The van der Waals surface area contributed by atoms with Gasteiger partial charge in [-0.1, -0.05) is 0 Å². The van der Waals surface area contributed by atoms with Crippen LogP contribution in [0.15, 0.2) is 18.3 Å². The van der Waals surface area contributed by atoms with Crippen LogP contribution in [0.2, 0.25) is 0 Å². The minimum atomic E-state index is -0.414. The van der Waals surface area contributed by atoms with Crippen molar-refractivity contribution in [3.05, 3.63) is 24.0 Å². The number of nitrogens with zero attached hydrogens (tertiary/aromatic N) is 1. The fourth-order valence-corrected chi connectivity index (χ4v) is 0.862. The first-order valence-corrected chi connectivity index (χ1v) is 2.91. The number of carbonyl (C=O) groups is 1. The van der Waals surface area contributed by atoms with Crippen LogP contribution < -0.4 is 0 Å². The van der Waals surface area contributed by atoms with E-state index < -0.39 is 5.24 Å². The predicted molar refractivity (Wildman–Crippen MR) is 42.8 cm³/mol. The van der Waals surface area contributed by atoms with Crippen molar-refractivity contribution in [3.63, 3.8) is 0 Å². The molecule has 10 heavy (non-hydrogen) atoms. The third-order valence-electron chi connectivity index (χ3n) is 1.15. The normalized spacial score (nSPS) is 8.60. The van der Waals surface area contributed by atoms with Crippen LogP contribution in [-0.2, 0) is 7.05 Å². The zero-order valence-electron chi connectivity index (χ0n) is 5.37.